The van der Waals surface area contributed by atoms with Crippen LogP contribution < -0.4 is 5.32 Å². The smallest absolute Gasteiger partial charge is 0.243 e. The van der Waals surface area contributed by atoms with Gasteiger partial charge in [0.25, 0.3) is 0 Å². The summed E-state index contributed by atoms with van der Waals surface area (Å²) in [5.74, 6) is 0.572. The molecule has 3 aromatic rings. The summed E-state index contributed by atoms with van der Waals surface area (Å²) in [7, 11) is -3.69. The normalized spacial score (nSPS) is 15.5. The molecule has 0 bridgehead atoms. The zero-order valence-electron chi connectivity index (χ0n) is 19.0. The van der Waals surface area contributed by atoms with Crippen LogP contribution in [0.4, 0.5) is 5.69 Å². The minimum atomic E-state index is -3.69. The number of nitrogens with one attached hydrogen (secondary N) is 1. The van der Waals surface area contributed by atoms with Crippen molar-refractivity contribution < 1.29 is 17.7 Å². The molecule has 0 spiro atoms. The van der Waals surface area contributed by atoms with Crippen molar-refractivity contribution in [2.75, 3.05) is 18.4 Å². The Kier molecular flexibility index (Phi) is 6.62. The fourth-order valence-corrected chi connectivity index (χ4v) is 5.40. The number of benzene rings is 2. The van der Waals surface area contributed by atoms with Gasteiger partial charge < -0.3 is 9.84 Å². The number of carbonyl (C=O) groups is 1. The first-order valence-corrected chi connectivity index (χ1v) is 12.5. The Hall–Kier alpha value is -3.04. The number of carbonyl (C=O) groups excluding carboxylic acids is 1. The Morgan fingerprint density at radius 3 is 2.55 bits per heavy atom. The zero-order chi connectivity index (χ0) is 23.6. The van der Waals surface area contributed by atoms with Crippen molar-refractivity contribution in [3.63, 3.8) is 0 Å². The van der Waals surface area contributed by atoms with Crippen LogP contribution >= 0.6 is 0 Å². The molecule has 1 aliphatic rings. The maximum atomic E-state index is 13.2. The molecule has 0 saturated carbocycles. The van der Waals surface area contributed by atoms with Crippen molar-refractivity contribution in [1.82, 2.24) is 14.4 Å². The second kappa shape index (κ2) is 9.44. The Bertz CT molecular complexity index is 1260. The van der Waals surface area contributed by atoms with Crippen LogP contribution in [0.2, 0.25) is 0 Å². The lowest BCUT2D eigenvalue weighted by molar-refractivity contribution is -0.120. The van der Waals surface area contributed by atoms with E-state index in [1.165, 1.54) is 9.87 Å². The van der Waals surface area contributed by atoms with E-state index in [9.17, 15) is 13.2 Å². The van der Waals surface area contributed by atoms with E-state index in [2.05, 4.69) is 15.5 Å². The summed E-state index contributed by atoms with van der Waals surface area (Å²) in [5, 5.41) is 6.90. The summed E-state index contributed by atoms with van der Waals surface area (Å²) < 4.78 is 33.0. The van der Waals surface area contributed by atoms with Gasteiger partial charge >= 0.3 is 0 Å². The second-order valence-electron chi connectivity index (χ2n) is 8.36. The minimum Gasteiger partial charge on any atom is -0.339 e. The van der Waals surface area contributed by atoms with E-state index in [-0.39, 0.29) is 16.7 Å². The first-order chi connectivity index (χ1) is 15.8. The summed E-state index contributed by atoms with van der Waals surface area (Å²) in [6, 6.07) is 12.4. The van der Waals surface area contributed by atoms with Gasteiger partial charge in [-0.05, 0) is 62.1 Å². The van der Waals surface area contributed by atoms with E-state index >= 15 is 0 Å². The van der Waals surface area contributed by atoms with Crippen LogP contribution in [0.15, 0.2) is 51.9 Å². The molecule has 9 heteroatoms. The molecule has 0 unspecified atom stereocenters. The Morgan fingerprint density at radius 1 is 1.12 bits per heavy atom. The van der Waals surface area contributed by atoms with Crippen LogP contribution in [-0.2, 0) is 21.2 Å². The number of piperidine rings is 1. The van der Waals surface area contributed by atoms with E-state index in [1.807, 2.05) is 39.0 Å². The van der Waals surface area contributed by atoms with Crippen molar-refractivity contribution >= 4 is 21.6 Å². The van der Waals surface area contributed by atoms with E-state index in [4.69, 9.17) is 4.52 Å². The monoisotopic (exact) mass is 468 g/mol. The van der Waals surface area contributed by atoms with Crippen molar-refractivity contribution in [3.8, 4) is 11.4 Å². The maximum Gasteiger partial charge on any atom is 0.243 e. The van der Waals surface area contributed by atoms with Gasteiger partial charge in [-0.3, -0.25) is 4.79 Å². The zero-order valence-corrected chi connectivity index (χ0v) is 19.9. The van der Waals surface area contributed by atoms with Crippen LogP contribution in [0.3, 0.4) is 0 Å². The number of sulfonamides is 1. The predicted molar refractivity (Wildman–Crippen MR) is 125 cm³/mol. The molecule has 174 valence electrons. The molecule has 0 aliphatic carbocycles. The summed E-state index contributed by atoms with van der Waals surface area (Å²) in [5.41, 5.74) is 3.63. The third-order valence-electron chi connectivity index (χ3n) is 6.10. The number of aryl methyl sites for hydroxylation is 3. The van der Waals surface area contributed by atoms with E-state index in [0.29, 0.717) is 49.6 Å². The highest BCUT2D eigenvalue weighted by Crippen LogP contribution is 2.27. The van der Waals surface area contributed by atoms with Gasteiger partial charge in [0.05, 0.1) is 4.90 Å². The SMILES string of the molecule is CCc1nc(-c2cccc(S(=O)(=O)N3CCC(C(=O)Nc4ccc(C)c(C)c4)CC3)c2)no1. The van der Waals surface area contributed by atoms with Gasteiger partial charge in [-0.25, -0.2) is 8.42 Å². The average Bonchev–Trinajstić information content (AvgIpc) is 3.31. The van der Waals surface area contributed by atoms with E-state index in [1.54, 1.807) is 24.3 Å². The number of aromatic nitrogens is 2. The topological polar surface area (TPSA) is 105 Å². The van der Waals surface area contributed by atoms with E-state index in [0.717, 1.165) is 11.3 Å². The number of hydrogen-bond donors (Lipinski definition) is 1. The van der Waals surface area contributed by atoms with Gasteiger partial charge in [-0.2, -0.15) is 9.29 Å². The first-order valence-electron chi connectivity index (χ1n) is 11.1. The second-order valence-corrected chi connectivity index (χ2v) is 10.3. The molecule has 1 amide bonds. The number of hydrogen-bond acceptors (Lipinski definition) is 6. The van der Waals surface area contributed by atoms with Gasteiger partial charge in [0.15, 0.2) is 0 Å². The van der Waals surface area contributed by atoms with Crippen molar-refractivity contribution in [1.29, 1.82) is 0 Å². The molecule has 1 N–H and O–H groups in total. The number of rotatable bonds is 6. The van der Waals surface area contributed by atoms with Gasteiger partial charge in [-0.15, -0.1) is 0 Å². The summed E-state index contributed by atoms with van der Waals surface area (Å²) in [6.45, 7) is 6.52. The molecule has 4 rings (SSSR count). The van der Waals surface area contributed by atoms with Crippen LogP contribution in [0.25, 0.3) is 11.4 Å². The number of anilines is 1. The molecule has 2 heterocycles. The number of nitrogens with zero attached hydrogens (tertiary/aromatic N) is 3. The highest BCUT2D eigenvalue weighted by atomic mass is 32.2. The lowest BCUT2D eigenvalue weighted by Gasteiger charge is -2.30. The van der Waals surface area contributed by atoms with Crippen LogP contribution in [0.1, 0.15) is 36.8 Å². The molecular formula is C24H28N4O4S. The Labute approximate surface area is 194 Å². The van der Waals surface area contributed by atoms with Gasteiger partial charge in [-0.1, -0.05) is 30.3 Å². The molecule has 1 fully saturated rings. The van der Waals surface area contributed by atoms with Crippen LogP contribution in [0, 0.1) is 19.8 Å². The molecule has 1 aliphatic heterocycles. The third kappa shape index (κ3) is 4.99. The van der Waals surface area contributed by atoms with Gasteiger partial charge in [0, 0.05) is 36.7 Å². The van der Waals surface area contributed by atoms with Crippen molar-refractivity contribution in [3.05, 3.63) is 59.5 Å². The Balaban J connectivity index is 1.42. The third-order valence-corrected chi connectivity index (χ3v) is 7.99. The largest absolute Gasteiger partial charge is 0.339 e. The molecule has 33 heavy (non-hydrogen) atoms. The first kappa shape index (κ1) is 23.1. The van der Waals surface area contributed by atoms with Crippen LogP contribution in [0.5, 0.6) is 0 Å². The van der Waals surface area contributed by atoms with Crippen molar-refractivity contribution in [2.45, 2.75) is 44.9 Å². The predicted octanol–water partition coefficient (Wildman–Crippen LogP) is 3.96. The minimum absolute atomic E-state index is 0.0684. The fraction of sp³-hybridized carbons (Fsp3) is 0.375. The van der Waals surface area contributed by atoms with Crippen molar-refractivity contribution in [2.24, 2.45) is 5.92 Å². The molecule has 8 nitrogen and oxygen atoms in total. The fourth-order valence-electron chi connectivity index (χ4n) is 3.88. The number of amides is 1. The molecule has 0 atom stereocenters. The van der Waals surface area contributed by atoms with Gasteiger partial charge in [0.2, 0.25) is 27.6 Å². The summed E-state index contributed by atoms with van der Waals surface area (Å²) in [6.07, 6.45) is 1.55. The highest BCUT2D eigenvalue weighted by Gasteiger charge is 2.32. The molecule has 1 saturated heterocycles. The Morgan fingerprint density at radius 2 is 1.88 bits per heavy atom. The highest BCUT2D eigenvalue weighted by molar-refractivity contribution is 7.89. The maximum absolute atomic E-state index is 13.2. The molecule has 0 radical (unpaired) electrons. The summed E-state index contributed by atoms with van der Waals surface area (Å²) in [4.78, 5) is 17.2. The van der Waals surface area contributed by atoms with E-state index < -0.39 is 10.0 Å². The quantitative estimate of drug-likeness (QED) is 0.587. The van der Waals surface area contributed by atoms with Crippen LogP contribution in [-0.4, -0.2) is 41.9 Å². The van der Waals surface area contributed by atoms with Gasteiger partial charge in [0.1, 0.15) is 0 Å². The molecule has 2 aromatic carbocycles. The molecular weight excluding hydrogens is 440 g/mol. The lowest BCUT2D eigenvalue weighted by atomic mass is 9.97. The standard InChI is InChI=1S/C24H28N4O4S/c1-4-22-26-23(27-32-22)19-6-5-7-21(15-19)33(30,31)28-12-10-18(11-13-28)24(29)25-20-9-8-16(2)17(3)14-20/h5-9,14-15,18H,4,10-13H2,1-3H3,(H,25,29). The lowest BCUT2D eigenvalue weighted by Crippen LogP contribution is -2.41. The average molecular weight is 469 g/mol. The molecule has 1 aromatic heterocycles. The summed E-state index contributed by atoms with van der Waals surface area (Å²) >= 11 is 0.